The smallest absolute Gasteiger partial charge is 0.0554 e. The Morgan fingerprint density at radius 2 is 1.72 bits per heavy atom. The molecule has 2 heteroatoms. The zero-order chi connectivity index (χ0) is 13.2. The molecule has 0 aromatic heterocycles. The number of benzene rings is 1. The summed E-state index contributed by atoms with van der Waals surface area (Å²) in [6, 6.07) is 11.1. The minimum Gasteiger partial charge on any atom is -0.248 e. The summed E-state index contributed by atoms with van der Waals surface area (Å²) in [5, 5.41) is 7.36. The quantitative estimate of drug-likeness (QED) is 0.569. The lowest BCUT2D eigenvalue weighted by atomic mass is 9.77. The Bertz CT molecular complexity index is 347. The van der Waals surface area contributed by atoms with Crippen LogP contribution in [0.5, 0.6) is 0 Å². The van der Waals surface area contributed by atoms with Crippen molar-refractivity contribution in [2.45, 2.75) is 51.4 Å². The third-order valence-corrected chi connectivity index (χ3v) is 3.81. The average Bonchev–Trinajstić information content (AvgIpc) is 2.42. The first kappa shape index (κ1) is 15.1. The molecule has 1 aromatic carbocycles. The van der Waals surface area contributed by atoms with E-state index < -0.39 is 0 Å². The zero-order valence-corrected chi connectivity index (χ0v) is 12.0. The predicted molar refractivity (Wildman–Crippen MR) is 81.4 cm³/mol. The second kappa shape index (κ2) is 9.02. The maximum atomic E-state index is 5.77. The van der Waals surface area contributed by atoms with Gasteiger partial charge in [0.2, 0.25) is 0 Å². The molecule has 0 saturated heterocycles. The first-order chi connectivity index (χ1) is 8.81. The largest absolute Gasteiger partial charge is 0.248 e. The lowest BCUT2D eigenvalue weighted by molar-refractivity contribution is 0.308. The first-order valence-corrected chi connectivity index (χ1v) is 7.31. The van der Waals surface area contributed by atoms with E-state index in [1.54, 1.807) is 10.7 Å². The van der Waals surface area contributed by atoms with Gasteiger partial charge in [-0.1, -0.05) is 50.1 Å². The van der Waals surface area contributed by atoms with Crippen molar-refractivity contribution in [1.82, 2.24) is 0 Å². The van der Waals surface area contributed by atoms with Crippen molar-refractivity contribution in [3.05, 3.63) is 35.9 Å². The Kier molecular flexibility index (Phi) is 7.55. The topological polar surface area (TPSA) is 23.9 Å². The van der Waals surface area contributed by atoms with Gasteiger partial charge in [0, 0.05) is 0 Å². The van der Waals surface area contributed by atoms with Crippen LogP contribution in [0.1, 0.15) is 56.9 Å². The van der Waals surface area contributed by atoms with E-state index in [0.29, 0.717) is 0 Å². The van der Waals surface area contributed by atoms with Gasteiger partial charge in [0.25, 0.3) is 0 Å². The lowest BCUT2D eigenvalue weighted by Gasteiger charge is -2.28. The SMILES string of the molecule is CCC[C@H]1CC[C@H](c2ccccc2)CC1.N=C=S. The van der Waals surface area contributed by atoms with Crippen LogP contribution in [0.3, 0.4) is 0 Å². The summed E-state index contributed by atoms with van der Waals surface area (Å²) in [5.74, 6) is 1.87. The van der Waals surface area contributed by atoms with Gasteiger partial charge >= 0.3 is 0 Å². The summed E-state index contributed by atoms with van der Waals surface area (Å²) >= 11 is 3.81. The number of hydrogen-bond acceptors (Lipinski definition) is 2. The summed E-state index contributed by atoms with van der Waals surface area (Å²) in [6.07, 6.45) is 8.53. The highest BCUT2D eigenvalue weighted by molar-refractivity contribution is 7.78. The minimum absolute atomic E-state index is 0.847. The van der Waals surface area contributed by atoms with Crippen molar-refractivity contribution in [3.63, 3.8) is 0 Å². The van der Waals surface area contributed by atoms with Crippen LogP contribution >= 0.6 is 12.2 Å². The molecule has 0 spiro atoms. The van der Waals surface area contributed by atoms with E-state index in [1.807, 2.05) is 0 Å². The fourth-order valence-electron chi connectivity index (χ4n) is 2.92. The molecule has 1 saturated carbocycles. The number of rotatable bonds is 3. The van der Waals surface area contributed by atoms with Gasteiger partial charge in [-0.05, 0) is 55.3 Å². The van der Waals surface area contributed by atoms with Crippen molar-refractivity contribution in [2.75, 3.05) is 0 Å². The van der Waals surface area contributed by atoms with Crippen LogP contribution in [0.2, 0.25) is 0 Å². The van der Waals surface area contributed by atoms with Crippen LogP contribution in [0.25, 0.3) is 0 Å². The highest BCUT2D eigenvalue weighted by Crippen LogP contribution is 2.37. The van der Waals surface area contributed by atoms with Gasteiger partial charge in [0.1, 0.15) is 0 Å². The molecular weight excluding hydrogens is 238 g/mol. The molecule has 0 radical (unpaired) electrons. The summed E-state index contributed by atoms with van der Waals surface area (Å²) in [6.45, 7) is 2.31. The van der Waals surface area contributed by atoms with Gasteiger partial charge in [-0.2, -0.15) is 0 Å². The van der Waals surface area contributed by atoms with Crippen LogP contribution in [-0.2, 0) is 0 Å². The standard InChI is InChI=1S/C15H22.CHNS/c1-2-6-13-9-11-15(12-10-13)14-7-4-3-5-8-14;2-1-3/h3-5,7-8,13,15H,2,6,9-12H2,1H3;2H/t13-,15-;. The van der Waals surface area contributed by atoms with E-state index in [1.165, 1.54) is 38.5 Å². The molecule has 1 N–H and O–H groups in total. The molecule has 98 valence electrons. The second-order valence-corrected chi connectivity index (χ2v) is 5.22. The second-order valence-electron chi connectivity index (χ2n) is 5.02. The molecule has 1 nitrogen and oxygen atoms in total. The maximum Gasteiger partial charge on any atom is 0.0554 e. The summed E-state index contributed by atoms with van der Waals surface area (Å²) in [5.41, 5.74) is 1.56. The van der Waals surface area contributed by atoms with E-state index in [0.717, 1.165) is 11.8 Å². The number of hydrogen-bond donors (Lipinski definition) is 1. The fraction of sp³-hybridized carbons (Fsp3) is 0.562. The van der Waals surface area contributed by atoms with E-state index >= 15 is 0 Å². The third kappa shape index (κ3) is 5.12. The van der Waals surface area contributed by atoms with Crippen molar-refractivity contribution < 1.29 is 0 Å². The molecule has 18 heavy (non-hydrogen) atoms. The third-order valence-electron chi connectivity index (χ3n) is 3.81. The Hall–Kier alpha value is -0.980. The molecular formula is C16H23NS. The molecule has 1 aromatic rings. The van der Waals surface area contributed by atoms with Gasteiger partial charge in [0.05, 0.1) is 5.16 Å². The van der Waals surface area contributed by atoms with Crippen molar-refractivity contribution in [2.24, 2.45) is 5.92 Å². The molecule has 0 atom stereocenters. The van der Waals surface area contributed by atoms with Crippen LogP contribution in [0.15, 0.2) is 30.3 Å². The summed E-state index contributed by atoms with van der Waals surface area (Å²) in [7, 11) is 0. The molecule has 0 amide bonds. The van der Waals surface area contributed by atoms with Crippen molar-refractivity contribution in [1.29, 1.82) is 5.41 Å². The van der Waals surface area contributed by atoms with Crippen molar-refractivity contribution in [3.8, 4) is 0 Å². The number of isothiocyanates is 1. The van der Waals surface area contributed by atoms with Gasteiger partial charge < -0.3 is 0 Å². The Labute approximate surface area is 116 Å². The molecule has 0 bridgehead atoms. The number of nitrogens with one attached hydrogen (secondary N) is 1. The Morgan fingerprint density at radius 3 is 2.22 bits per heavy atom. The van der Waals surface area contributed by atoms with Gasteiger partial charge in [-0.15, -0.1) is 0 Å². The van der Waals surface area contributed by atoms with E-state index in [9.17, 15) is 0 Å². The van der Waals surface area contributed by atoms with Crippen LogP contribution in [0, 0.1) is 11.3 Å². The van der Waals surface area contributed by atoms with Crippen molar-refractivity contribution >= 4 is 17.4 Å². The monoisotopic (exact) mass is 261 g/mol. The normalized spacial score (nSPS) is 22.5. The first-order valence-electron chi connectivity index (χ1n) is 6.90. The molecule has 0 unspecified atom stereocenters. The molecule has 0 aliphatic heterocycles. The lowest BCUT2D eigenvalue weighted by Crippen LogP contribution is -2.13. The number of thiocarbonyl (C=S) groups is 1. The molecule has 2 rings (SSSR count). The van der Waals surface area contributed by atoms with E-state index in [-0.39, 0.29) is 0 Å². The van der Waals surface area contributed by atoms with Crippen LogP contribution < -0.4 is 0 Å². The van der Waals surface area contributed by atoms with Gasteiger partial charge in [-0.3, -0.25) is 0 Å². The van der Waals surface area contributed by atoms with Crippen LogP contribution in [-0.4, -0.2) is 5.16 Å². The highest BCUT2D eigenvalue weighted by atomic mass is 32.1. The Balaban J connectivity index is 0.000000492. The zero-order valence-electron chi connectivity index (χ0n) is 11.2. The fourth-order valence-corrected chi connectivity index (χ4v) is 2.92. The molecule has 1 aliphatic rings. The maximum absolute atomic E-state index is 5.77. The summed E-state index contributed by atoms with van der Waals surface area (Å²) in [4.78, 5) is 0. The minimum atomic E-state index is 0.847. The van der Waals surface area contributed by atoms with Gasteiger partial charge in [-0.25, -0.2) is 5.41 Å². The molecule has 1 fully saturated rings. The average molecular weight is 261 g/mol. The predicted octanol–water partition coefficient (Wildman–Crippen LogP) is 5.43. The van der Waals surface area contributed by atoms with Gasteiger partial charge in [0.15, 0.2) is 0 Å². The van der Waals surface area contributed by atoms with E-state index in [4.69, 9.17) is 5.41 Å². The molecule has 0 heterocycles. The Morgan fingerprint density at radius 1 is 1.17 bits per heavy atom. The molecule has 1 aliphatic carbocycles. The highest BCUT2D eigenvalue weighted by Gasteiger charge is 2.21. The van der Waals surface area contributed by atoms with E-state index in [2.05, 4.69) is 49.5 Å². The summed E-state index contributed by atoms with van der Waals surface area (Å²) < 4.78 is 0. The van der Waals surface area contributed by atoms with Crippen LogP contribution in [0.4, 0.5) is 0 Å².